The van der Waals surface area contributed by atoms with E-state index in [9.17, 15) is 4.39 Å². The van der Waals surface area contributed by atoms with E-state index in [0.717, 1.165) is 32.1 Å². The Morgan fingerprint density at radius 1 is 1.12 bits per heavy atom. The second-order valence-electron chi connectivity index (χ2n) is 6.21. The van der Waals surface area contributed by atoms with Crippen LogP contribution in [0.25, 0.3) is 5.69 Å². The van der Waals surface area contributed by atoms with Gasteiger partial charge < -0.3 is 11.5 Å². The summed E-state index contributed by atoms with van der Waals surface area (Å²) in [5.74, 6) is -0.00795. The van der Waals surface area contributed by atoms with Crippen LogP contribution in [0.3, 0.4) is 0 Å². The van der Waals surface area contributed by atoms with Crippen molar-refractivity contribution >= 4 is 17.6 Å². The first kappa shape index (κ1) is 15.5. The Bertz CT molecular complexity index is 837. The van der Waals surface area contributed by atoms with Crippen LogP contribution in [0.2, 0.25) is 0 Å². The molecular formula is C15H18FN9. The molecule has 0 unspecified atom stereocenters. The molecular weight excluding hydrogens is 325 g/mol. The van der Waals surface area contributed by atoms with E-state index in [1.807, 2.05) is 4.90 Å². The zero-order valence-electron chi connectivity index (χ0n) is 13.5. The summed E-state index contributed by atoms with van der Waals surface area (Å²) in [6.45, 7) is 0. The third kappa shape index (κ3) is 2.59. The lowest BCUT2D eigenvalue weighted by molar-refractivity contribution is 0.305. The van der Waals surface area contributed by atoms with Gasteiger partial charge in [0.2, 0.25) is 11.9 Å². The van der Waals surface area contributed by atoms with E-state index in [1.165, 1.54) is 17.1 Å². The summed E-state index contributed by atoms with van der Waals surface area (Å²) < 4.78 is 15.5. The quantitative estimate of drug-likeness (QED) is 0.835. The number of rotatable bonds is 2. The van der Waals surface area contributed by atoms with Crippen molar-refractivity contribution < 1.29 is 4.39 Å². The van der Waals surface area contributed by atoms with E-state index < -0.39 is 11.5 Å². The minimum absolute atomic E-state index is 0.179. The van der Waals surface area contributed by atoms with Gasteiger partial charge in [-0.25, -0.2) is 9.38 Å². The first-order valence-electron chi connectivity index (χ1n) is 8.12. The summed E-state index contributed by atoms with van der Waals surface area (Å²) in [6.07, 6.45) is 6.12. The van der Waals surface area contributed by atoms with Crippen molar-refractivity contribution in [2.75, 3.05) is 4.90 Å². The van der Waals surface area contributed by atoms with E-state index in [-0.39, 0.29) is 17.6 Å². The number of hydrogen-bond donors (Lipinski definition) is 2. The molecule has 25 heavy (non-hydrogen) atoms. The lowest BCUT2D eigenvalue weighted by Crippen LogP contribution is -2.58. The van der Waals surface area contributed by atoms with Gasteiger partial charge in [0.1, 0.15) is 23.5 Å². The fourth-order valence-electron chi connectivity index (χ4n) is 3.58. The summed E-state index contributed by atoms with van der Waals surface area (Å²) in [5, 5.41) is 10.9. The van der Waals surface area contributed by atoms with Crippen LogP contribution >= 0.6 is 0 Å². The fraction of sp³-hybridized carbons (Fsp3) is 0.400. The maximum Gasteiger partial charge on any atom is 0.220 e. The fourth-order valence-corrected chi connectivity index (χ4v) is 3.58. The number of benzene rings is 1. The van der Waals surface area contributed by atoms with Crippen LogP contribution in [-0.4, -0.2) is 37.8 Å². The number of halogens is 1. The van der Waals surface area contributed by atoms with Crippen molar-refractivity contribution in [3.8, 4) is 5.69 Å². The minimum Gasteiger partial charge on any atom is -0.369 e. The van der Waals surface area contributed by atoms with Crippen molar-refractivity contribution in [2.45, 2.75) is 37.8 Å². The molecule has 0 saturated heterocycles. The topological polar surface area (TPSA) is 124 Å². The Hall–Kier alpha value is -3.04. The Morgan fingerprint density at radius 2 is 1.92 bits per heavy atom. The largest absolute Gasteiger partial charge is 0.369 e. The van der Waals surface area contributed by atoms with E-state index in [2.05, 4.69) is 25.5 Å². The Morgan fingerprint density at radius 3 is 2.64 bits per heavy atom. The van der Waals surface area contributed by atoms with Gasteiger partial charge in [-0.2, -0.15) is 9.67 Å². The number of aromatic nitrogens is 4. The first-order valence-corrected chi connectivity index (χ1v) is 8.12. The summed E-state index contributed by atoms with van der Waals surface area (Å²) in [6, 6.07) is 4.65. The summed E-state index contributed by atoms with van der Waals surface area (Å²) in [7, 11) is 0. The highest BCUT2D eigenvalue weighted by Crippen LogP contribution is 2.40. The highest BCUT2D eigenvalue weighted by Gasteiger charge is 2.42. The van der Waals surface area contributed by atoms with E-state index in [1.54, 1.807) is 12.1 Å². The van der Waals surface area contributed by atoms with Crippen molar-refractivity contribution in [1.82, 2.24) is 20.2 Å². The van der Waals surface area contributed by atoms with Gasteiger partial charge in [-0.1, -0.05) is 6.42 Å². The Kier molecular flexibility index (Phi) is 3.59. The van der Waals surface area contributed by atoms with Crippen molar-refractivity contribution in [3.05, 3.63) is 30.3 Å². The van der Waals surface area contributed by atoms with Crippen LogP contribution < -0.4 is 16.4 Å². The van der Waals surface area contributed by atoms with Gasteiger partial charge >= 0.3 is 0 Å². The zero-order chi connectivity index (χ0) is 17.4. The molecule has 0 radical (unpaired) electrons. The van der Waals surface area contributed by atoms with Crippen LogP contribution in [0.4, 0.5) is 10.1 Å². The van der Waals surface area contributed by atoms with Gasteiger partial charge in [0.05, 0.1) is 0 Å². The van der Waals surface area contributed by atoms with Gasteiger partial charge in [-0.05, 0) is 54.3 Å². The predicted molar refractivity (Wildman–Crippen MR) is 90.7 cm³/mol. The number of aliphatic imine (C=N–C) groups is 2. The predicted octanol–water partition coefficient (Wildman–Crippen LogP) is 0.911. The summed E-state index contributed by atoms with van der Waals surface area (Å²) in [5.41, 5.74) is 12.4. The molecule has 0 atom stereocenters. The number of nitrogens with zero attached hydrogens (tertiary/aromatic N) is 7. The molecule has 0 bridgehead atoms. The third-order valence-electron chi connectivity index (χ3n) is 4.64. The molecule has 2 aromatic rings. The second kappa shape index (κ2) is 5.80. The molecule has 1 aliphatic carbocycles. The number of hydrogen-bond acceptors (Lipinski definition) is 8. The minimum atomic E-state index is -0.579. The third-order valence-corrected chi connectivity index (χ3v) is 4.64. The van der Waals surface area contributed by atoms with Crippen LogP contribution in [-0.2, 0) is 0 Å². The number of guanidine groups is 2. The van der Waals surface area contributed by atoms with Gasteiger partial charge in [-0.3, -0.25) is 4.90 Å². The van der Waals surface area contributed by atoms with Gasteiger partial charge in [0.15, 0.2) is 0 Å². The summed E-state index contributed by atoms with van der Waals surface area (Å²) >= 11 is 0. The van der Waals surface area contributed by atoms with Crippen molar-refractivity contribution in [1.29, 1.82) is 0 Å². The average Bonchev–Trinajstić information content (AvgIpc) is 3.10. The number of anilines is 1. The second-order valence-corrected chi connectivity index (χ2v) is 6.21. The van der Waals surface area contributed by atoms with Crippen LogP contribution in [0.5, 0.6) is 0 Å². The molecule has 1 spiro atoms. The Balaban J connectivity index is 1.82. The molecule has 4 rings (SSSR count). The molecule has 2 heterocycles. The molecule has 1 aromatic heterocycles. The number of tetrazole rings is 1. The van der Waals surface area contributed by atoms with Crippen molar-refractivity contribution in [3.63, 3.8) is 0 Å². The van der Waals surface area contributed by atoms with Gasteiger partial charge in [-0.15, -0.1) is 5.10 Å². The average molecular weight is 343 g/mol. The Labute approximate surface area is 143 Å². The molecule has 1 fully saturated rings. The molecule has 1 aliphatic heterocycles. The van der Waals surface area contributed by atoms with Crippen LogP contribution in [0.15, 0.2) is 34.5 Å². The van der Waals surface area contributed by atoms with Crippen LogP contribution in [0, 0.1) is 5.82 Å². The highest BCUT2D eigenvalue weighted by molar-refractivity contribution is 6.05. The lowest BCUT2D eigenvalue weighted by Gasteiger charge is -2.45. The van der Waals surface area contributed by atoms with E-state index in [4.69, 9.17) is 11.5 Å². The number of nitrogens with two attached hydrogens (primary N) is 2. The van der Waals surface area contributed by atoms with Gasteiger partial charge in [0, 0.05) is 5.69 Å². The lowest BCUT2D eigenvalue weighted by atomic mass is 9.87. The molecule has 4 N–H and O–H groups in total. The zero-order valence-corrected chi connectivity index (χ0v) is 13.5. The smallest absolute Gasteiger partial charge is 0.220 e. The summed E-state index contributed by atoms with van der Waals surface area (Å²) in [4.78, 5) is 10.6. The van der Waals surface area contributed by atoms with Gasteiger partial charge in [0.25, 0.3) is 0 Å². The van der Waals surface area contributed by atoms with E-state index >= 15 is 0 Å². The van der Waals surface area contributed by atoms with E-state index in [0.29, 0.717) is 5.69 Å². The molecule has 9 nitrogen and oxygen atoms in total. The van der Waals surface area contributed by atoms with Crippen LogP contribution in [0.1, 0.15) is 32.1 Å². The standard InChI is InChI=1S/C15H18FN9/c16-11-5-4-10(8-12(11)24-9-19-22-23-24)25-14(18)20-13(17)21-15(25)6-2-1-3-7-15/h4-5,8-9H,1-3,6-7H2,(H4,17,18,20,21). The molecule has 2 aliphatic rings. The molecule has 0 amide bonds. The normalized spacial score (nSPS) is 19.6. The maximum atomic E-state index is 14.2. The molecule has 1 aromatic carbocycles. The van der Waals surface area contributed by atoms with Crippen molar-refractivity contribution in [2.24, 2.45) is 21.5 Å². The first-order chi connectivity index (χ1) is 12.1. The highest BCUT2D eigenvalue weighted by atomic mass is 19.1. The molecule has 10 heteroatoms. The molecule has 1 saturated carbocycles. The monoisotopic (exact) mass is 343 g/mol. The molecule has 130 valence electrons. The maximum absolute atomic E-state index is 14.2. The SMILES string of the molecule is NC1=NC2(CCCCC2)N(c2ccc(F)c(-n3cnnn3)c2)C(N)=N1.